The normalized spacial score (nSPS) is 33.0. The molecule has 15 heavy (non-hydrogen) atoms. The first-order valence-corrected chi connectivity index (χ1v) is 3.69. The Morgan fingerprint density at radius 1 is 1.00 bits per heavy atom. The molecule has 0 nitrogen and oxygen atoms in total. The van der Waals surface area contributed by atoms with E-state index in [0.717, 1.165) is 0 Å². The number of alkyl halides is 7. The molecule has 0 aromatic heterocycles. The van der Waals surface area contributed by atoms with E-state index in [9.17, 15) is 35.1 Å². The van der Waals surface area contributed by atoms with E-state index in [4.69, 9.17) is 0 Å². The first-order chi connectivity index (χ1) is 6.47. The predicted octanol–water partition coefficient (Wildman–Crippen LogP) is 3.66. The van der Waals surface area contributed by atoms with Crippen LogP contribution in [0.5, 0.6) is 0 Å². The number of allylic oxidation sites excluding steroid dienone is 2. The second-order valence-electron chi connectivity index (χ2n) is 2.81. The zero-order chi connectivity index (χ0) is 12.2. The molecule has 0 saturated heterocycles. The van der Waals surface area contributed by atoms with E-state index in [0.29, 0.717) is 0 Å². The standard InChI is InChI=1S/C6HClF8/c7-1-2(8)5(12,13)6(14,15)3(9)4(1,10)11/h3H. The summed E-state index contributed by atoms with van der Waals surface area (Å²) in [5.41, 5.74) is 0. The predicted molar refractivity (Wildman–Crippen MR) is 33.7 cm³/mol. The molecule has 0 heterocycles. The molecule has 0 spiro atoms. The summed E-state index contributed by atoms with van der Waals surface area (Å²) in [7, 11) is 0. The molecular weight excluding hydrogens is 260 g/mol. The first kappa shape index (κ1) is 12.5. The summed E-state index contributed by atoms with van der Waals surface area (Å²) < 4.78 is 99.2. The van der Waals surface area contributed by atoms with Gasteiger partial charge in [-0.2, -0.15) is 26.3 Å². The fraction of sp³-hybridized carbons (Fsp3) is 0.667. The fourth-order valence-electron chi connectivity index (χ4n) is 0.929. The third-order valence-corrected chi connectivity index (χ3v) is 2.23. The van der Waals surface area contributed by atoms with Crippen LogP contribution in [0.3, 0.4) is 0 Å². The number of hydrogen-bond donors (Lipinski definition) is 0. The number of hydrogen-bond acceptors (Lipinski definition) is 0. The van der Waals surface area contributed by atoms with E-state index in [2.05, 4.69) is 11.6 Å². The Morgan fingerprint density at radius 2 is 1.40 bits per heavy atom. The highest BCUT2D eigenvalue weighted by Gasteiger charge is 2.76. The lowest BCUT2D eigenvalue weighted by molar-refractivity contribution is -0.272. The lowest BCUT2D eigenvalue weighted by atomic mass is 9.93. The fourth-order valence-corrected chi connectivity index (χ4v) is 1.14. The van der Waals surface area contributed by atoms with E-state index < -0.39 is 34.8 Å². The van der Waals surface area contributed by atoms with Gasteiger partial charge in [0.2, 0.25) is 6.17 Å². The molecule has 1 unspecified atom stereocenters. The molecule has 1 atom stereocenters. The molecule has 9 heteroatoms. The molecule has 1 rings (SSSR count). The lowest BCUT2D eigenvalue weighted by Crippen LogP contribution is -2.59. The third kappa shape index (κ3) is 1.33. The van der Waals surface area contributed by atoms with Gasteiger partial charge in [-0.05, 0) is 0 Å². The van der Waals surface area contributed by atoms with Crippen molar-refractivity contribution < 1.29 is 35.1 Å². The van der Waals surface area contributed by atoms with Gasteiger partial charge in [0.1, 0.15) is 5.03 Å². The molecule has 0 aromatic rings. The molecule has 0 fully saturated rings. The first-order valence-electron chi connectivity index (χ1n) is 3.31. The van der Waals surface area contributed by atoms with Gasteiger partial charge in [0.25, 0.3) is 0 Å². The average Bonchev–Trinajstić information content (AvgIpc) is 2.12. The summed E-state index contributed by atoms with van der Waals surface area (Å²) in [4.78, 5) is 0. The van der Waals surface area contributed by atoms with Crippen LogP contribution in [0.4, 0.5) is 35.1 Å². The molecule has 0 aromatic carbocycles. The SMILES string of the molecule is FC1=C(Cl)C(F)(F)C(F)C(F)(F)C1(F)F. The third-order valence-electron chi connectivity index (χ3n) is 1.82. The van der Waals surface area contributed by atoms with Gasteiger partial charge in [-0.25, -0.2) is 8.78 Å². The van der Waals surface area contributed by atoms with E-state index >= 15 is 0 Å². The van der Waals surface area contributed by atoms with Gasteiger partial charge < -0.3 is 0 Å². The van der Waals surface area contributed by atoms with Crippen LogP contribution < -0.4 is 0 Å². The summed E-state index contributed by atoms with van der Waals surface area (Å²) in [5.74, 6) is -19.9. The van der Waals surface area contributed by atoms with Crippen molar-refractivity contribution in [3.05, 3.63) is 10.9 Å². The summed E-state index contributed by atoms with van der Waals surface area (Å²) in [6, 6.07) is 0. The van der Waals surface area contributed by atoms with Crippen molar-refractivity contribution in [2.45, 2.75) is 23.9 Å². The maximum absolute atomic E-state index is 12.5. The molecule has 0 bridgehead atoms. The van der Waals surface area contributed by atoms with Crippen LogP contribution in [-0.4, -0.2) is 23.9 Å². The molecule has 0 N–H and O–H groups in total. The molecule has 88 valence electrons. The molecule has 1 aliphatic rings. The quantitative estimate of drug-likeness (QED) is 0.583. The van der Waals surface area contributed by atoms with Crippen LogP contribution in [-0.2, 0) is 0 Å². The van der Waals surface area contributed by atoms with Crippen LogP contribution in [0, 0.1) is 0 Å². The van der Waals surface area contributed by atoms with Gasteiger partial charge in [-0.1, -0.05) is 11.6 Å². The summed E-state index contributed by atoms with van der Waals surface area (Å²) in [6.07, 6.45) is -4.58. The van der Waals surface area contributed by atoms with E-state index in [1.807, 2.05) is 0 Å². The van der Waals surface area contributed by atoms with Gasteiger partial charge >= 0.3 is 17.8 Å². The molecule has 0 saturated carbocycles. The summed E-state index contributed by atoms with van der Waals surface area (Å²) in [5, 5.41) is -2.54. The largest absolute Gasteiger partial charge is 0.365 e. The average molecular weight is 261 g/mol. The van der Waals surface area contributed by atoms with E-state index in [1.54, 1.807) is 0 Å². The highest BCUT2D eigenvalue weighted by Crippen LogP contribution is 2.56. The van der Waals surface area contributed by atoms with E-state index in [-0.39, 0.29) is 0 Å². The minimum Gasteiger partial charge on any atom is -0.233 e. The zero-order valence-electron chi connectivity index (χ0n) is 6.48. The Morgan fingerprint density at radius 3 is 1.80 bits per heavy atom. The summed E-state index contributed by atoms with van der Waals surface area (Å²) >= 11 is 4.37. The highest BCUT2D eigenvalue weighted by molar-refractivity contribution is 6.31. The molecule has 0 aliphatic heterocycles. The van der Waals surface area contributed by atoms with Gasteiger partial charge in [-0.15, -0.1) is 0 Å². The van der Waals surface area contributed by atoms with Crippen molar-refractivity contribution in [1.82, 2.24) is 0 Å². The van der Waals surface area contributed by atoms with Crippen LogP contribution >= 0.6 is 11.6 Å². The summed E-state index contributed by atoms with van der Waals surface area (Å²) in [6.45, 7) is 0. The van der Waals surface area contributed by atoms with Gasteiger partial charge in [-0.3, -0.25) is 0 Å². The van der Waals surface area contributed by atoms with Crippen molar-refractivity contribution in [1.29, 1.82) is 0 Å². The van der Waals surface area contributed by atoms with Crippen molar-refractivity contribution in [2.24, 2.45) is 0 Å². The van der Waals surface area contributed by atoms with Gasteiger partial charge in [0.05, 0.1) is 0 Å². The minimum atomic E-state index is -5.85. The van der Waals surface area contributed by atoms with Gasteiger partial charge in [0.15, 0.2) is 5.83 Å². The Labute approximate surface area is 82.5 Å². The van der Waals surface area contributed by atoms with Crippen molar-refractivity contribution in [2.75, 3.05) is 0 Å². The van der Waals surface area contributed by atoms with Crippen molar-refractivity contribution >= 4 is 11.6 Å². The Kier molecular flexibility index (Phi) is 2.50. The second-order valence-corrected chi connectivity index (χ2v) is 3.19. The molecular formula is C6HClF8. The van der Waals surface area contributed by atoms with Crippen LogP contribution in [0.1, 0.15) is 0 Å². The lowest BCUT2D eigenvalue weighted by Gasteiger charge is -2.36. The highest BCUT2D eigenvalue weighted by atomic mass is 35.5. The topological polar surface area (TPSA) is 0 Å². The zero-order valence-corrected chi connectivity index (χ0v) is 7.23. The van der Waals surface area contributed by atoms with Crippen molar-refractivity contribution in [3.63, 3.8) is 0 Å². The Balaban J connectivity index is 3.48. The smallest absolute Gasteiger partial charge is 0.233 e. The Bertz CT molecular complexity index is 319. The number of rotatable bonds is 0. The minimum absolute atomic E-state index is 2.54. The maximum Gasteiger partial charge on any atom is 0.365 e. The monoisotopic (exact) mass is 260 g/mol. The van der Waals surface area contributed by atoms with Crippen molar-refractivity contribution in [3.8, 4) is 0 Å². The number of halogens is 9. The molecule has 1 aliphatic carbocycles. The molecule has 0 radical (unpaired) electrons. The Hall–Kier alpha value is -0.530. The van der Waals surface area contributed by atoms with E-state index in [1.165, 1.54) is 0 Å². The van der Waals surface area contributed by atoms with Crippen LogP contribution in [0.15, 0.2) is 10.9 Å². The second kappa shape index (κ2) is 2.99. The molecule has 0 amide bonds. The van der Waals surface area contributed by atoms with Crippen LogP contribution in [0.25, 0.3) is 0 Å². The van der Waals surface area contributed by atoms with Gasteiger partial charge in [0, 0.05) is 0 Å². The maximum atomic E-state index is 12.5. The van der Waals surface area contributed by atoms with Crippen LogP contribution in [0.2, 0.25) is 0 Å².